The Morgan fingerprint density at radius 2 is 1.88 bits per heavy atom. The summed E-state index contributed by atoms with van der Waals surface area (Å²) in [7, 11) is 0. The molecule has 1 saturated heterocycles. The van der Waals surface area contributed by atoms with Crippen molar-refractivity contribution in [3.05, 3.63) is 35.4 Å². The first-order valence-electron chi connectivity index (χ1n) is 6.47. The maximum atomic E-state index is 4.43. The molecule has 0 amide bonds. The first kappa shape index (κ1) is 10.9. The zero-order valence-corrected chi connectivity index (χ0v) is 10.2. The number of hydrogen-bond donors (Lipinski definition) is 1. The summed E-state index contributed by atoms with van der Waals surface area (Å²) in [6.07, 6.45) is 2.72. The fraction of sp³-hybridized carbons (Fsp3) is 0.500. The molecule has 3 heteroatoms. The molecule has 3 nitrogen and oxygen atoms in total. The third-order valence-electron chi connectivity index (χ3n) is 3.57. The third-order valence-corrected chi connectivity index (χ3v) is 3.57. The molecule has 2 aliphatic heterocycles. The lowest BCUT2D eigenvalue weighted by atomic mass is 10.1. The van der Waals surface area contributed by atoms with Gasteiger partial charge in [-0.1, -0.05) is 24.3 Å². The number of benzene rings is 1. The van der Waals surface area contributed by atoms with Gasteiger partial charge in [0.05, 0.1) is 12.4 Å². The maximum Gasteiger partial charge on any atom is 0.0891 e. The summed E-state index contributed by atoms with van der Waals surface area (Å²) in [5, 5.41) is 3.23. The molecule has 0 saturated carbocycles. The van der Waals surface area contributed by atoms with E-state index in [4.69, 9.17) is 0 Å². The van der Waals surface area contributed by atoms with Crippen molar-refractivity contribution in [2.45, 2.75) is 19.4 Å². The molecule has 0 bridgehead atoms. The average Bonchev–Trinajstić information content (AvgIpc) is 3.01. The summed E-state index contributed by atoms with van der Waals surface area (Å²) in [4.78, 5) is 6.97. The highest BCUT2D eigenvalue weighted by Gasteiger charge is 2.12. The number of nitrogens with zero attached hydrogens (tertiary/aromatic N) is 2. The van der Waals surface area contributed by atoms with E-state index in [1.165, 1.54) is 42.8 Å². The van der Waals surface area contributed by atoms with Gasteiger partial charge in [-0.15, -0.1) is 0 Å². The summed E-state index contributed by atoms with van der Waals surface area (Å²) in [6.45, 7) is 5.30. The van der Waals surface area contributed by atoms with Gasteiger partial charge in [0.1, 0.15) is 0 Å². The van der Waals surface area contributed by atoms with Crippen molar-refractivity contribution in [1.82, 2.24) is 10.2 Å². The molecule has 1 fully saturated rings. The fourth-order valence-electron chi connectivity index (χ4n) is 2.58. The van der Waals surface area contributed by atoms with Gasteiger partial charge in [0, 0.05) is 13.1 Å². The Balaban J connectivity index is 1.66. The van der Waals surface area contributed by atoms with Crippen molar-refractivity contribution in [1.29, 1.82) is 0 Å². The molecule has 0 aliphatic carbocycles. The molecule has 0 atom stereocenters. The van der Waals surface area contributed by atoms with E-state index in [2.05, 4.69) is 39.5 Å². The standard InChI is InChI=1S/C14H19N3/c1-2-8-17(7-1)10-12-3-5-13(6-4-12)14-9-15-11-16-14/h3-6,15H,1-2,7-11H2. The topological polar surface area (TPSA) is 27.6 Å². The monoisotopic (exact) mass is 229 g/mol. The predicted molar refractivity (Wildman–Crippen MR) is 70.4 cm³/mol. The van der Waals surface area contributed by atoms with Crippen LogP contribution in [0.4, 0.5) is 0 Å². The van der Waals surface area contributed by atoms with Crippen LogP contribution < -0.4 is 5.32 Å². The van der Waals surface area contributed by atoms with Gasteiger partial charge in [0.25, 0.3) is 0 Å². The zero-order chi connectivity index (χ0) is 11.5. The normalized spacial score (nSPS) is 20.8. The SMILES string of the molecule is c1cc(C2=NCNC2)ccc1CN1CCCC1. The van der Waals surface area contributed by atoms with Crippen LogP contribution in [0.25, 0.3) is 0 Å². The first-order valence-corrected chi connectivity index (χ1v) is 6.47. The predicted octanol–water partition coefficient (Wildman–Crippen LogP) is 1.63. The number of likely N-dealkylation sites (tertiary alicyclic amines) is 1. The van der Waals surface area contributed by atoms with Crippen LogP contribution in [0, 0.1) is 0 Å². The largest absolute Gasteiger partial charge is 0.299 e. The van der Waals surface area contributed by atoms with Crippen LogP contribution in [0.5, 0.6) is 0 Å². The Kier molecular flexibility index (Phi) is 3.20. The smallest absolute Gasteiger partial charge is 0.0891 e. The highest BCUT2D eigenvalue weighted by molar-refractivity contribution is 6.02. The van der Waals surface area contributed by atoms with E-state index < -0.39 is 0 Å². The van der Waals surface area contributed by atoms with E-state index in [9.17, 15) is 0 Å². The highest BCUT2D eigenvalue weighted by Crippen LogP contribution is 2.14. The molecule has 2 aliphatic rings. The van der Waals surface area contributed by atoms with Crippen LogP contribution in [-0.2, 0) is 6.54 Å². The summed E-state index contributed by atoms with van der Waals surface area (Å²) in [5.74, 6) is 0. The first-order chi connectivity index (χ1) is 8.42. The molecule has 1 N–H and O–H groups in total. The van der Waals surface area contributed by atoms with Crippen molar-refractivity contribution in [2.75, 3.05) is 26.3 Å². The van der Waals surface area contributed by atoms with Crippen molar-refractivity contribution in [3.63, 3.8) is 0 Å². The van der Waals surface area contributed by atoms with E-state index in [0.717, 1.165) is 19.8 Å². The molecule has 3 rings (SSSR count). The lowest BCUT2D eigenvalue weighted by Crippen LogP contribution is -2.18. The van der Waals surface area contributed by atoms with Gasteiger partial charge in [-0.2, -0.15) is 0 Å². The van der Waals surface area contributed by atoms with Crippen molar-refractivity contribution in [3.8, 4) is 0 Å². The molecule has 1 aromatic rings. The second-order valence-electron chi connectivity index (χ2n) is 4.87. The molecule has 90 valence electrons. The van der Waals surface area contributed by atoms with Gasteiger partial charge in [0.15, 0.2) is 0 Å². The minimum Gasteiger partial charge on any atom is -0.299 e. The van der Waals surface area contributed by atoms with Gasteiger partial charge in [-0.05, 0) is 37.1 Å². The lowest BCUT2D eigenvalue weighted by Gasteiger charge is -2.14. The van der Waals surface area contributed by atoms with Crippen LogP contribution in [0.2, 0.25) is 0 Å². The second kappa shape index (κ2) is 4.98. The Hall–Kier alpha value is -1.19. The summed E-state index contributed by atoms with van der Waals surface area (Å²) in [6, 6.07) is 8.90. The summed E-state index contributed by atoms with van der Waals surface area (Å²) >= 11 is 0. The van der Waals surface area contributed by atoms with Crippen molar-refractivity contribution in [2.24, 2.45) is 4.99 Å². The summed E-state index contributed by atoms with van der Waals surface area (Å²) in [5.41, 5.74) is 3.88. The summed E-state index contributed by atoms with van der Waals surface area (Å²) < 4.78 is 0. The highest BCUT2D eigenvalue weighted by atomic mass is 15.1. The molecule has 0 aromatic heterocycles. The zero-order valence-electron chi connectivity index (χ0n) is 10.2. The number of nitrogens with one attached hydrogen (secondary N) is 1. The van der Waals surface area contributed by atoms with Crippen molar-refractivity contribution >= 4 is 5.71 Å². The number of rotatable bonds is 3. The molecule has 2 heterocycles. The van der Waals surface area contributed by atoms with E-state index in [-0.39, 0.29) is 0 Å². The molecule has 0 radical (unpaired) electrons. The van der Waals surface area contributed by atoms with E-state index in [1.807, 2.05) is 0 Å². The van der Waals surface area contributed by atoms with Crippen LogP contribution in [-0.4, -0.2) is 36.9 Å². The molecular weight excluding hydrogens is 210 g/mol. The van der Waals surface area contributed by atoms with Crippen LogP contribution in [0.3, 0.4) is 0 Å². The molecular formula is C14H19N3. The number of aliphatic imine (C=N–C) groups is 1. The second-order valence-corrected chi connectivity index (χ2v) is 4.87. The Bertz CT molecular complexity index is 402. The molecule has 17 heavy (non-hydrogen) atoms. The van der Waals surface area contributed by atoms with E-state index >= 15 is 0 Å². The fourth-order valence-corrected chi connectivity index (χ4v) is 2.58. The number of hydrogen-bond acceptors (Lipinski definition) is 3. The van der Waals surface area contributed by atoms with Gasteiger partial charge < -0.3 is 0 Å². The average molecular weight is 229 g/mol. The van der Waals surface area contributed by atoms with E-state index in [1.54, 1.807) is 0 Å². The molecule has 1 aromatic carbocycles. The van der Waals surface area contributed by atoms with Crippen LogP contribution in [0.15, 0.2) is 29.3 Å². The van der Waals surface area contributed by atoms with Crippen molar-refractivity contribution < 1.29 is 0 Å². The van der Waals surface area contributed by atoms with E-state index in [0.29, 0.717) is 0 Å². The molecule has 0 unspecified atom stereocenters. The van der Waals surface area contributed by atoms with Gasteiger partial charge >= 0.3 is 0 Å². The minimum atomic E-state index is 0.769. The molecule has 0 spiro atoms. The van der Waals surface area contributed by atoms with Gasteiger partial charge in [-0.25, -0.2) is 0 Å². The Labute approximate surface area is 103 Å². The maximum absolute atomic E-state index is 4.43. The van der Waals surface area contributed by atoms with Crippen LogP contribution in [0.1, 0.15) is 24.0 Å². The van der Waals surface area contributed by atoms with Gasteiger partial charge in [0.2, 0.25) is 0 Å². The third kappa shape index (κ3) is 2.56. The lowest BCUT2D eigenvalue weighted by molar-refractivity contribution is 0.331. The quantitative estimate of drug-likeness (QED) is 0.853. The Morgan fingerprint density at radius 1 is 1.12 bits per heavy atom. The Morgan fingerprint density at radius 3 is 2.53 bits per heavy atom. The van der Waals surface area contributed by atoms with Gasteiger partial charge in [-0.3, -0.25) is 15.2 Å². The minimum absolute atomic E-state index is 0.769. The van der Waals surface area contributed by atoms with Crippen LogP contribution >= 0.6 is 0 Å².